The lowest BCUT2D eigenvalue weighted by atomic mass is 10.0. The molecule has 1 amide bonds. The number of alkyl halides is 3. The summed E-state index contributed by atoms with van der Waals surface area (Å²) in [4.78, 5) is 27.9. The second-order valence-electron chi connectivity index (χ2n) is 6.52. The summed E-state index contributed by atoms with van der Waals surface area (Å²) in [5.74, 6) is -0.774. The standard InChI is InChI=1S/C19H20F3N3O3/c1-28-13-6-9-25(10-7-13)16-5-4-12(11-15(16)19(20,21)22)24-18(27)14-3-2-8-23-17(14)26/h2-5,8,11,13H,6-7,9-10H2,1H3,(H,23,26)(H,24,27). The predicted molar refractivity (Wildman–Crippen MR) is 98.7 cm³/mol. The number of carbonyl (C=O) groups excluding carboxylic acids is 1. The van der Waals surface area contributed by atoms with Crippen molar-refractivity contribution in [3.05, 3.63) is 58.0 Å². The topological polar surface area (TPSA) is 74.4 Å². The number of pyridine rings is 1. The van der Waals surface area contributed by atoms with Crippen molar-refractivity contribution < 1.29 is 22.7 Å². The first-order chi connectivity index (χ1) is 13.3. The molecular formula is C19H20F3N3O3. The molecule has 0 spiro atoms. The average Bonchev–Trinajstić information content (AvgIpc) is 2.67. The van der Waals surface area contributed by atoms with E-state index < -0.39 is 23.2 Å². The Hall–Kier alpha value is -2.81. The third kappa shape index (κ3) is 4.36. The highest BCUT2D eigenvalue weighted by Crippen LogP contribution is 2.39. The van der Waals surface area contributed by atoms with Gasteiger partial charge in [0.15, 0.2) is 0 Å². The number of H-pyrrole nitrogens is 1. The summed E-state index contributed by atoms with van der Waals surface area (Å²) in [5.41, 5.74) is -1.59. The first kappa shape index (κ1) is 19.9. The molecule has 2 N–H and O–H groups in total. The largest absolute Gasteiger partial charge is 0.418 e. The number of halogens is 3. The lowest BCUT2D eigenvalue weighted by Gasteiger charge is -2.34. The third-order valence-electron chi connectivity index (χ3n) is 4.74. The Balaban J connectivity index is 1.86. The number of nitrogens with zero attached hydrogens (tertiary/aromatic N) is 1. The number of hydrogen-bond acceptors (Lipinski definition) is 4. The third-order valence-corrected chi connectivity index (χ3v) is 4.74. The molecule has 1 fully saturated rings. The van der Waals surface area contributed by atoms with Gasteiger partial charge in [-0.15, -0.1) is 0 Å². The zero-order valence-corrected chi connectivity index (χ0v) is 15.2. The van der Waals surface area contributed by atoms with E-state index in [0.717, 1.165) is 6.07 Å². The molecule has 1 aromatic carbocycles. The fourth-order valence-electron chi connectivity index (χ4n) is 3.25. The monoisotopic (exact) mass is 395 g/mol. The number of aromatic nitrogens is 1. The van der Waals surface area contributed by atoms with Crippen molar-refractivity contribution in [3.8, 4) is 0 Å². The molecule has 0 atom stereocenters. The highest BCUT2D eigenvalue weighted by molar-refractivity contribution is 6.04. The molecule has 150 valence electrons. The summed E-state index contributed by atoms with van der Waals surface area (Å²) < 4.78 is 46.2. The van der Waals surface area contributed by atoms with Crippen LogP contribution in [0.2, 0.25) is 0 Å². The van der Waals surface area contributed by atoms with Gasteiger partial charge in [0.05, 0.1) is 11.7 Å². The number of carbonyl (C=O) groups is 1. The number of methoxy groups -OCH3 is 1. The number of benzene rings is 1. The molecule has 3 rings (SSSR count). The van der Waals surface area contributed by atoms with Gasteiger partial charge in [-0.3, -0.25) is 9.59 Å². The van der Waals surface area contributed by atoms with Crippen LogP contribution in [0.25, 0.3) is 0 Å². The number of ether oxygens (including phenoxy) is 1. The molecule has 1 aliphatic rings. The SMILES string of the molecule is COC1CCN(c2ccc(NC(=O)c3ccc[nH]c3=O)cc2C(F)(F)F)CC1. The zero-order valence-electron chi connectivity index (χ0n) is 15.2. The lowest BCUT2D eigenvalue weighted by molar-refractivity contribution is -0.137. The molecule has 2 heterocycles. The second-order valence-corrected chi connectivity index (χ2v) is 6.52. The van der Waals surface area contributed by atoms with Crippen LogP contribution in [-0.4, -0.2) is 37.2 Å². The van der Waals surface area contributed by atoms with Gasteiger partial charge in [-0.2, -0.15) is 13.2 Å². The van der Waals surface area contributed by atoms with E-state index in [4.69, 9.17) is 4.74 Å². The number of anilines is 2. The van der Waals surface area contributed by atoms with E-state index in [2.05, 4.69) is 10.3 Å². The molecule has 2 aromatic rings. The first-order valence-corrected chi connectivity index (χ1v) is 8.77. The van der Waals surface area contributed by atoms with E-state index in [1.165, 1.54) is 30.5 Å². The van der Waals surface area contributed by atoms with Gasteiger partial charge in [0.2, 0.25) is 0 Å². The number of aromatic amines is 1. The van der Waals surface area contributed by atoms with Crippen molar-refractivity contribution in [3.63, 3.8) is 0 Å². The van der Waals surface area contributed by atoms with Crippen molar-refractivity contribution in [2.75, 3.05) is 30.4 Å². The fourth-order valence-corrected chi connectivity index (χ4v) is 3.25. The van der Waals surface area contributed by atoms with Gasteiger partial charge in [-0.05, 0) is 43.2 Å². The molecule has 28 heavy (non-hydrogen) atoms. The molecule has 0 unspecified atom stereocenters. The molecule has 0 bridgehead atoms. The van der Waals surface area contributed by atoms with E-state index in [-0.39, 0.29) is 23.0 Å². The van der Waals surface area contributed by atoms with Gasteiger partial charge >= 0.3 is 6.18 Å². The van der Waals surface area contributed by atoms with Gasteiger partial charge in [-0.1, -0.05) is 0 Å². The van der Waals surface area contributed by atoms with Crippen LogP contribution in [-0.2, 0) is 10.9 Å². The molecule has 1 aliphatic heterocycles. The van der Waals surface area contributed by atoms with Crippen LogP contribution in [0.15, 0.2) is 41.3 Å². The van der Waals surface area contributed by atoms with Crippen LogP contribution in [0.3, 0.4) is 0 Å². The van der Waals surface area contributed by atoms with Gasteiger partial charge in [-0.25, -0.2) is 0 Å². The molecule has 1 saturated heterocycles. The van der Waals surface area contributed by atoms with Crippen LogP contribution in [0.4, 0.5) is 24.5 Å². The summed E-state index contributed by atoms with van der Waals surface area (Å²) in [6.45, 7) is 0.902. The minimum Gasteiger partial charge on any atom is -0.381 e. The summed E-state index contributed by atoms with van der Waals surface area (Å²) in [5, 5.41) is 2.36. The molecule has 0 radical (unpaired) electrons. The van der Waals surface area contributed by atoms with Crippen LogP contribution in [0.5, 0.6) is 0 Å². The van der Waals surface area contributed by atoms with Crippen molar-refractivity contribution in [1.82, 2.24) is 4.98 Å². The maximum Gasteiger partial charge on any atom is 0.418 e. The van der Waals surface area contributed by atoms with Crippen LogP contribution >= 0.6 is 0 Å². The molecule has 1 aromatic heterocycles. The van der Waals surface area contributed by atoms with Crippen molar-refractivity contribution in [2.45, 2.75) is 25.1 Å². The highest BCUT2D eigenvalue weighted by Gasteiger charge is 2.36. The number of rotatable bonds is 4. The molecule has 9 heteroatoms. The first-order valence-electron chi connectivity index (χ1n) is 8.77. The van der Waals surface area contributed by atoms with Crippen molar-refractivity contribution in [1.29, 1.82) is 0 Å². The summed E-state index contributed by atoms with van der Waals surface area (Å²) in [6, 6.07) is 6.41. The smallest absolute Gasteiger partial charge is 0.381 e. The number of hydrogen-bond donors (Lipinski definition) is 2. The minimum absolute atomic E-state index is 0.0314. The van der Waals surface area contributed by atoms with Gasteiger partial charge in [0.25, 0.3) is 11.5 Å². The molecule has 0 saturated carbocycles. The number of nitrogens with one attached hydrogen (secondary N) is 2. The Morgan fingerprint density at radius 2 is 1.96 bits per heavy atom. The van der Waals surface area contributed by atoms with E-state index in [1.807, 2.05) is 0 Å². The Morgan fingerprint density at radius 3 is 2.57 bits per heavy atom. The van der Waals surface area contributed by atoms with E-state index in [9.17, 15) is 22.8 Å². The fraction of sp³-hybridized carbons (Fsp3) is 0.368. The van der Waals surface area contributed by atoms with Crippen molar-refractivity contribution in [2.24, 2.45) is 0 Å². The van der Waals surface area contributed by atoms with Gasteiger partial charge < -0.3 is 19.9 Å². The Bertz CT molecular complexity index is 903. The maximum absolute atomic E-state index is 13.6. The minimum atomic E-state index is -4.58. The van der Waals surface area contributed by atoms with E-state index in [0.29, 0.717) is 25.9 Å². The van der Waals surface area contributed by atoms with Crippen molar-refractivity contribution >= 4 is 17.3 Å². The van der Waals surface area contributed by atoms with Crippen LogP contribution in [0, 0.1) is 0 Å². The van der Waals surface area contributed by atoms with Crippen LogP contribution in [0.1, 0.15) is 28.8 Å². The Labute approximate surface area is 159 Å². The Kier molecular flexibility index (Phi) is 5.73. The summed E-state index contributed by atoms with van der Waals surface area (Å²) >= 11 is 0. The predicted octanol–water partition coefficient (Wildman–Crippen LogP) is 3.26. The molecular weight excluding hydrogens is 375 g/mol. The van der Waals surface area contributed by atoms with E-state index in [1.54, 1.807) is 12.0 Å². The quantitative estimate of drug-likeness (QED) is 0.834. The average molecular weight is 395 g/mol. The normalized spacial score (nSPS) is 15.5. The highest BCUT2D eigenvalue weighted by atomic mass is 19.4. The summed E-state index contributed by atoms with van der Waals surface area (Å²) in [7, 11) is 1.59. The molecule has 6 nitrogen and oxygen atoms in total. The summed E-state index contributed by atoms with van der Waals surface area (Å²) in [6.07, 6.45) is -1.89. The molecule has 0 aliphatic carbocycles. The Morgan fingerprint density at radius 1 is 1.25 bits per heavy atom. The second kappa shape index (κ2) is 8.05. The van der Waals surface area contributed by atoms with Gasteiger partial charge in [0, 0.05) is 37.8 Å². The van der Waals surface area contributed by atoms with Gasteiger partial charge in [0.1, 0.15) is 5.56 Å². The zero-order chi connectivity index (χ0) is 20.3. The number of piperidine rings is 1. The maximum atomic E-state index is 13.6. The lowest BCUT2D eigenvalue weighted by Crippen LogP contribution is -2.37. The van der Waals surface area contributed by atoms with Crippen LogP contribution < -0.4 is 15.8 Å². The van der Waals surface area contributed by atoms with E-state index >= 15 is 0 Å². The number of amides is 1.